The van der Waals surface area contributed by atoms with Gasteiger partial charge in [0.1, 0.15) is 5.82 Å². The Bertz CT molecular complexity index is 1020. The molecule has 2 N–H and O–H groups in total. The van der Waals surface area contributed by atoms with Crippen molar-refractivity contribution in [2.45, 2.75) is 12.5 Å². The van der Waals surface area contributed by atoms with Gasteiger partial charge in [0.2, 0.25) is 0 Å². The van der Waals surface area contributed by atoms with Gasteiger partial charge in [0.25, 0.3) is 0 Å². The molecule has 0 aliphatic rings. The molecule has 0 fully saturated rings. The smallest absolute Gasteiger partial charge is 0.163 e. The molecule has 5 nitrogen and oxygen atoms in total. The zero-order chi connectivity index (χ0) is 18.5. The lowest BCUT2D eigenvalue weighted by Gasteiger charge is -2.14. The first kappa shape index (κ1) is 17.1. The van der Waals surface area contributed by atoms with Crippen LogP contribution in [0.2, 0.25) is 0 Å². The predicted octanol–water partition coefficient (Wildman–Crippen LogP) is 3.71. The minimum Gasteiger partial charge on any atom is -0.391 e. The zero-order valence-electron chi connectivity index (χ0n) is 14.8. The molecule has 2 aromatic carbocycles. The van der Waals surface area contributed by atoms with Gasteiger partial charge in [-0.2, -0.15) is 0 Å². The van der Waals surface area contributed by atoms with Crippen molar-refractivity contribution in [1.82, 2.24) is 15.0 Å². The Morgan fingerprint density at radius 3 is 2.52 bits per heavy atom. The van der Waals surface area contributed by atoms with Gasteiger partial charge < -0.3 is 10.4 Å². The Balaban J connectivity index is 1.58. The molecule has 0 saturated carbocycles. The Kier molecular flexibility index (Phi) is 5.03. The van der Waals surface area contributed by atoms with Crippen molar-refractivity contribution in [2.75, 3.05) is 11.9 Å². The van der Waals surface area contributed by atoms with Gasteiger partial charge in [-0.1, -0.05) is 42.5 Å². The number of para-hydroxylation sites is 1. The maximum absolute atomic E-state index is 10.4. The molecule has 1 atom stereocenters. The molecule has 4 rings (SSSR count). The van der Waals surface area contributed by atoms with Gasteiger partial charge in [-0.25, -0.2) is 9.97 Å². The summed E-state index contributed by atoms with van der Waals surface area (Å²) in [6, 6.07) is 21.6. The summed E-state index contributed by atoms with van der Waals surface area (Å²) in [6.07, 6.45) is 3.55. The van der Waals surface area contributed by atoms with Crippen LogP contribution in [0.5, 0.6) is 0 Å². The lowest BCUT2D eigenvalue weighted by molar-refractivity contribution is 0.188. The Morgan fingerprint density at radius 1 is 0.889 bits per heavy atom. The number of pyridine rings is 1. The minimum absolute atomic E-state index is 0.405. The lowest BCUT2D eigenvalue weighted by Crippen LogP contribution is -2.22. The van der Waals surface area contributed by atoms with E-state index in [2.05, 4.69) is 20.3 Å². The standard InChI is InChI=1S/C22H20N4O/c27-18(13-16-7-2-1-3-8-16)15-24-22-19-10-4-5-11-20(19)25-21(26-22)17-9-6-12-23-14-17/h1-12,14,18,27H,13,15H2,(H,24,25,26). The first-order valence-corrected chi connectivity index (χ1v) is 8.92. The molecule has 4 aromatic rings. The number of nitrogens with one attached hydrogen (secondary N) is 1. The second-order valence-corrected chi connectivity index (χ2v) is 6.38. The van der Waals surface area contributed by atoms with Gasteiger partial charge in [-0.3, -0.25) is 4.98 Å². The van der Waals surface area contributed by atoms with Gasteiger partial charge in [-0.15, -0.1) is 0 Å². The van der Waals surface area contributed by atoms with Crippen LogP contribution in [0.3, 0.4) is 0 Å². The fourth-order valence-electron chi connectivity index (χ4n) is 3.01. The topological polar surface area (TPSA) is 70.9 Å². The Labute approximate surface area is 157 Å². The molecule has 1 unspecified atom stereocenters. The highest BCUT2D eigenvalue weighted by Gasteiger charge is 2.11. The predicted molar refractivity (Wildman–Crippen MR) is 107 cm³/mol. The Morgan fingerprint density at radius 2 is 1.70 bits per heavy atom. The number of rotatable bonds is 6. The van der Waals surface area contributed by atoms with Crippen LogP contribution in [-0.4, -0.2) is 32.7 Å². The quantitative estimate of drug-likeness (QED) is 0.551. The minimum atomic E-state index is -0.511. The molecular formula is C22H20N4O. The summed E-state index contributed by atoms with van der Waals surface area (Å²) in [4.78, 5) is 13.5. The molecule has 5 heteroatoms. The summed E-state index contributed by atoms with van der Waals surface area (Å²) >= 11 is 0. The van der Waals surface area contributed by atoms with E-state index in [1.165, 1.54) is 0 Å². The van der Waals surface area contributed by atoms with E-state index in [1.807, 2.05) is 66.7 Å². The van der Waals surface area contributed by atoms with Crippen LogP contribution >= 0.6 is 0 Å². The summed E-state index contributed by atoms with van der Waals surface area (Å²) in [7, 11) is 0. The van der Waals surface area contributed by atoms with Crippen molar-refractivity contribution in [1.29, 1.82) is 0 Å². The molecule has 0 saturated heterocycles. The number of benzene rings is 2. The van der Waals surface area contributed by atoms with Crippen LogP contribution < -0.4 is 5.32 Å². The van der Waals surface area contributed by atoms with E-state index >= 15 is 0 Å². The van der Waals surface area contributed by atoms with Crippen LogP contribution in [0.1, 0.15) is 5.56 Å². The normalized spacial score (nSPS) is 12.0. The molecule has 0 aliphatic heterocycles. The fraction of sp³-hybridized carbons (Fsp3) is 0.136. The molecule has 0 amide bonds. The van der Waals surface area contributed by atoms with Crippen molar-refractivity contribution in [3.8, 4) is 11.4 Å². The molecule has 27 heavy (non-hydrogen) atoms. The van der Waals surface area contributed by atoms with Crippen LogP contribution in [0.25, 0.3) is 22.3 Å². The highest BCUT2D eigenvalue weighted by Crippen LogP contribution is 2.24. The van der Waals surface area contributed by atoms with Gasteiger partial charge >= 0.3 is 0 Å². The van der Waals surface area contributed by atoms with Gasteiger partial charge in [0, 0.05) is 36.3 Å². The molecule has 2 aromatic heterocycles. The van der Waals surface area contributed by atoms with E-state index in [4.69, 9.17) is 0 Å². The zero-order valence-corrected chi connectivity index (χ0v) is 14.8. The van der Waals surface area contributed by atoms with E-state index in [1.54, 1.807) is 12.4 Å². The fourth-order valence-corrected chi connectivity index (χ4v) is 3.01. The molecule has 134 valence electrons. The second-order valence-electron chi connectivity index (χ2n) is 6.38. The summed E-state index contributed by atoms with van der Waals surface area (Å²) in [5.41, 5.74) is 2.82. The van der Waals surface area contributed by atoms with Crippen LogP contribution in [0, 0.1) is 0 Å². The van der Waals surface area contributed by atoms with E-state index in [0.717, 1.165) is 22.0 Å². The third-order valence-corrected chi connectivity index (χ3v) is 4.34. The summed E-state index contributed by atoms with van der Waals surface area (Å²) < 4.78 is 0. The van der Waals surface area contributed by atoms with Crippen molar-refractivity contribution in [3.05, 3.63) is 84.7 Å². The average molecular weight is 356 g/mol. The highest BCUT2D eigenvalue weighted by atomic mass is 16.3. The van der Waals surface area contributed by atoms with Crippen molar-refractivity contribution >= 4 is 16.7 Å². The first-order valence-electron chi connectivity index (χ1n) is 8.92. The first-order chi connectivity index (χ1) is 13.3. The van der Waals surface area contributed by atoms with E-state index < -0.39 is 6.10 Å². The van der Waals surface area contributed by atoms with Crippen LogP contribution in [-0.2, 0) is 6.42 Å². The number of aliphatic hydroxyl groups is 1. The third-order valence-electron chi connectivity index (χ3n) is 4.34. The van der Waals surface area contributed by atoms with Gasteiger partial charge in [0.15, 0.2) is 5.82 Å². The largest absolute Gasteiger partial charge is 0.391 e. The van der Waals surface area contributed by atoms with E-state index in [-0.39, 0.29) is 0 Å². The number of hydrogen-bond donors (Lipinski definition) is 2. The molecular weight excluding hydrogens is 336 g/mol. The molecule has 0 radical (unpaired) electrons. The summed E-state index contributed by atoms with van der Waals surface area (Å²) in [5, 5.41) is 14.6. The second kappa shape index (κ2) is 7.93. The number of fused-ring (bicyclic) bond motifs is 1. The number of hydrogen-bond acceptors (Lipinski definition) is 5. The van der Waals surface area contributed by atoms with Gasteiger partial charge in [0.05, 0.1) is 11.6 Å². The van der Waals surface area contributed by atoms with Gasteiger partial charge in [-0.05, 0) is 29.8 Å². The lowest BCUT2D eigenvalue weighted by atomic mass is 10.1. The van der Waals surface area contributed by atoms with Crippen molar-refractivity contribution in [2.24, 2.45) is 0 Å². The Hall–Kier alpha value is -3.31. The number of aromatic nitrogens is 3. The summed E-state index contributed by atoms with van der Waals surface area (Å²) in [6.45, 7) is 0.405. The maximum Gasteiger partial charge on any atom is 0.163 e. The van der Waals surface area contributed by atoms with Crippen LogP contribution in [0.4, 0.5) is 5.82 Å². The maximum atomic E-state index is 10.4. The number of anilines is 1. The van der Waals surface area contributed by atoms with Crippen molar-refractivity contribution in [3.63, 3.8) is 0 Å². The highest BCUT2D eigenvalue weighted by molar-refractivity contribution is 5.90. The van der Waals surface area contributed by atoms with E-state index in [0.29, 0.717) is 24.6 Å². The SMILES string of the molecule is OC(CNc1nc(-c2cccnc2)nc2ccccc12)Cc1ccccc1. The monoisotopic (exact) mass is 356 g/mol. The average Bonchev–Trinajstić information content (AvgIpc) is 2.73. The van der Waals surface area contributed by atoms with Crippen molar-refractivity contribution < 1.29 is 5.11 Å². The summed E-state index contributed by atoms with van der Waals surface area (Å²) in [5.74, 6) is 1.33. The molecule has 0 aliphatic carbocycles. The van der Waals surface area contributed by atoms with Crippen LogP contribution in [0.15, 0.2) is 79.1 Å². The molecule has 2 heterocycles. The number of nitrogens with zero attached hydrogens (tertiary/aromatic N) is 3. The van der Waals surface area contributed by atoms with E-state index in [9.17, 15) is 5.11 Å². The molecule has 0 spiro atoms. The molecule has 0 bridgehead atoms. The third kappa shape index (κ3) is 4.10. The number of aliphatic hydroxyl groups excluding tert-OH is 1.